The Balaban J connectivity index is 1.22. The van der Waals surface area contributed by atoms with Crippen molar-refractivity contribution in [1.29, 1.82) is 0 Å². The number of hydrogen-bond acceptors (Lipinski definition) is 8. The van der Waals surface area contributed by atoms with E-state index in [1.165, 1.54) is 0 Å². The van der Waals surface area contributed by atoms with E-state index in [1.54, 1.807) is 0 Å². The Morgan fingerprint density at radius 3 is 1.71 bits per heavy atom. The summed E-state index contributed by atoms with van der Waals surface area (Å²) in [5.74, 6) is 3.33. The molecule has 4 rings (SSSR count). The van der Waals surface area contributed by atoms with Crippen molar-refractivity contribution in [2.75, 3.05) is 39.6 Å². The van der Waals surface area contributed by atoms with Crippen LogP contribution in [0.25, 0.3) is 11.1 Å². The van der Waals surface area contributed by atoms with Gasteiger partial charge in [0.25, 0.3) is 0 Å². The van der Waals surface area contributed by atoms with Gasteiger partial charge in [0, 0.05) is 49.3 Å². The lowest BCUT2D eigenvalue weighted by atomic mass is 9.99. The van der Waals surface area contributed by atoms with Crippen LogP contribution in [-0.4, -0.2) is 50.0 Å². The number of unbranched alkanes of at least 4 members (excludes halogenated alkanes) is 1. The molecule has 0 aliphatic carbocycles. The molecule has 0 radical (unpaired) electrons. The monoisotopic (exact) mass is 562 g/mol. The third kappa shape index (κ3) is 10.1. The fraction of sp³-hybridized carbons (Fsp3) is 0.455. The van der Waals surface area contributed by atoms with E-state index in [4.69, 9.17) is 28.0 Å². The quantitative estimate of drug-likeness (QED) is 0.120. The van der Waals surface area contributed by atoms with Crippen molar-refractivity contribution >= 4 is 0 Å². The second-order valence-electron chi connectivity index (χ2n) is 10.3. The zero-order valence-corrected chi connectivity index (χ0v) is 24.7. The average molecular weight is 563 g/mol. The van der Waals surface area contributed by atoms with Crippen molar-refractivity contribution in [3.8, 4) is 22.6 Å². The Bertz CT molecular complexity index is 1350. The van der Waals surface area contributed by atoms with E-state index >= 15 is 0 Å². The van der Waals surface area contributed by atoms with E-state index in [1.807, 2.05) is 38.1 Å². The van der Waals surface area contributed by atoms with Crippen molar-refractivity contribution in [1.82, 2.24) is 10.3 Å². The van der Waals surface area contributed by atoms with Crippen LogP contribution in [0.15, 0.2) is 57.6 Å². The van der Waals surface area contributed by atoms with Gasteiger partial charge >= 0.3 is 0 Å². The number of aromatic nitrogens is 2. The number of aryl methyl sites for hydroxylation is 5. The van der Waals surface area contributed by atoms with Crippen LogP contribution in [0.2, 0.25) is 0 Å². The van der Waals surface area contributed by atoms with Crippen LogP contribution in [0.1, 0.15) is 53.3 Å². The molecule has 2 heterocycles. The molecule has 0 aliphatic rings. The maximum absolute atomic E-state index is 6.23. The van der Waals surface area contributed by atoms with Gasteiger partial charge in [-0.3, -0.25) is 0 Å². The topological polar surface area (TPSA) is 89.0 Å². The largest absolute Gasteiger partial charge is 0.493 e. The molecule has 220 valence electrons. The van der Waals surface area contributed by atoms with E-state index in [9.17, 15) is 0 Å². The molecule has 0 N–H and O–H groups in total. The van der Waals surface area contributed by atoms with Crippen molar-refractivity contribution in [2.45, 2.75) is 59.8 Å². The van der Waals surface area contributed by atoms with Crippen molar-refractivity contribution in [3.63, 3.8) is 0 Å². The summed E-state index contributed by atoms with van der Waals surface area (Å²) < 4.78 is 34.2. The first kappa shape index (κ1) is 30.3. The summed E-state index contributed by atoms with van der Waals surface area (Å²) in [5, 5.41) is 8.03. The Morgan fingerprint density at radius 2 is 1.10 bits per heavy atom. The molecule has 8 nitrogen and oxygen atoms in total. The molecular formula is C33H42N2O6. The van der Waals surface area contributed by atoms with E-state index in [2.05, 4.69) is 48.4 Å². The number of hydrogen-bond donors (Lipinski definition) is 0. The van der Waals surface area contributed by atoms with Crippen molar-refractivity contribution in [2.24, 2.45) is 0 Å². The first-order valence-electron chi connectivity index (χ1n) is 14.4. The zero-order valence-electron chi connectivity index (χ0n) is 24.7. The lowest BCUT2D eigenvalue weighted by molar-refractivity contribution is 0.0976. The first-order chi connectivity index (χ1) is 20.0. The molecule has 2 aromatic heterocycles. The van der Waals surface area contributed by atoms with Gasteiger partial charge in [-0.05, 0) is 71.2 Å². The normalized spacial score (nSPS) is 11.2. The highest BCUT2D eigenvalue weighted by Crippen LogP contribution is 2.38. The molecule has 0 unspecified atom stereocenters. The third-order valence-corrected chi connectivity index (χ3v) is 6.56. The van der Waals surface area contributed by atoms with Crippen LogP contribution in [0.5, 0.6) is 11.5 Å². The minimum atomic E-state index is 0.478. The highest BCUT2D eigenvalue weighted by atomic mass is 16.5. The Morgan fingerprint density at radius 1 is 0.537 bits per heavy atom. The predicted molar refractivity (Wildman–Crippen MR) is 158 cm³/mol. The van der Waals surface area contributed by atoms with Crippen LogP contribution >= 0.6 is 0 Å². The summed E-state index contributed by atoms with van der Waals surface area (Å²) in [6.07, 6.45) is 4.42. The lowest BCUT2D eigenvalue weighted by Crippen LogP contribution is -2.09. The molecule has 4 aromatic rings. The van der Waals surface area contributed by atoms with Gasteiger partial charge in [-0.15, -0.1) is 0 Å². The van der Waals surface area contributed by atoms with Gasteiger partial charge in [-0.2, -0.15) is 0 Å². The van der Waals surface area contributed by atoms with Gasteiger partial charge in [0.2, 0.25) is 0 Å². The van der Waals surface area contributed by atoms with Crippen LogP contribution in [-0.2, 0) is 22.3 Å². The molecule has 0 atom stereocenters. The van der Waals surface area contributed by atoms with Gasteiger partial charge in [0.1, 0.15) is 29.6 Å². The summed E-state index contributed by atoms with van der Waals surface area (Å²) in [5.41, 5.74) is 6.28. The summed E-state index contributed by atoms with van der Waals surface area (Å²) in [7, 11) is 0. The maximum atomic E-state index is 6.23. The van der Waals surface area contributed by atoms with Gasteiger partial charge in [-0.1, -0.05) is 33.6 Å². The third-order valence-electron chi connectivity index (χ3n) is 6.56. The van der Waals surface area contributed by atoms with E-state index in [0.717, 1.165) is 88.8 Å². The smallest absolute Gasteiger partial charge is 0.133 e. The Kier molecular flexibility index (Phi) is 11.8. The SMILES string of the molecule is Cc1ccc(OCCCOCCc2cc(C)on2)c(-c2cc(C)ccc2OCCOCCCCc2cc(C)on2)c1. The lowest BCUT2D eigenvalue weighted by Gasteiger charge is -2.17. The van der Waals surface area contributed by atoms with E-state index in [-0.39, 0.29) is 0 Å². The zero-order chi connectivity index (χ0) is 28.9. The highest BCUT2D eigenvalue weighted by Gasteiger charge is 2.13. The fourth-order valence-corrected chi connectivity index (χ4v) is 4.48. The van der Waals surface area contributed by atoms with Gasteiger partial charge in [0.15, 0.2) is 0 Å². The molecular weight excluding hydrogens is 520 g/mol. The molecule has 8 heteroatoms. The van der Waals surface area contributed by atoms with Gasteiger partial charge in [-0.25, -0.2) is 0 Å². The summed E-state index contributed by atoms with van der Waals surface area (Å²) in [6.45, 7) is 11.5. The minimum Gasteiger partial charge on any atom is -0.493 e. The molecule has 0 aliphatic heterocycles. The highest BCUT2D eigenvalue weighted by molar-refractivity contribution is 5.77. The second kappa shape index (κ2) is 16.0. The van der Waals surface area contributed by atoms with Crippen LogP contribution in [0.3, 0.4) is 0 Å². The van der Waals surface area contributed by atoms with Crippen LogP contribution in [0, 0.1) is 27.7 Å². The standard InChI is InChI=1S/C33H42N2O6/c1-24-9-11-32(38-16-7-15-36-17-13-29-23-27(4)41-35-29)30(20-24)31-21-25(2)10-12-33(31)39-19-18-37-14-6-5-8-28-22-26(3)40-34-28/h9-12,20-23H,5-8,13-19H2,1-4H3. The summed E-state index contributed by atoms with van der Waals surface area (Å²) in [4.78, 5) is 0. The molecule has 0 saturated carbocycles. The maximum Gasteiger partial charge on any atom is 0.133 e. The average Bonchev–Trinajstić information content (AvgIpc) is 3.57. The fourth-order valence-electron chi connectivity index (χ4n) is 4.48. The van der Waals surface area contributed by atoms with Crippen LogP contribution < -0.4 is 9.47 Å². The molecule has 41 heavy (non-hydrogen) atoms. The molecule has 0 spiro atoms. The predicted octanol–water partition coefficient (Wildman–Crippen LogP) is 7.01. The van der Waals surface area contributed by atoms with Crippen molar-refractivity contribution < 1.29 is 28.0 Å². The molecule has 0 bridgehead atoms. The number of rotatable bonds is 18. The number of ether oxygens (including phenoxy) is 4. The van der Waals surface area contributed by atoms with E-state index < -0.39 is 0 Å². The minimum absolute atomic E-state index is 0.478. The molecule has 0 amide bonds. The van der Waals surface area contributed by atoms with Gasteiger partial charge in [0.05, 0.1) is 31.2 Å². The molecule has 0 fully saturated rings. The van der Waals surface area contributed by atoms with Crippen LogP contribution in [0.4, 0.5) is 0 Å². The summed E-state index contributed by atoms with van der Waals surface area (Å²) >= 11 is 0. The first-order valence-corrected chi connectivity index (χ1v) is 14.4. The van der Waals surface area contributed by atoms with Gasteiger partial charge < -0.3 is 28.0 Å². The van der Waals surface area contributed by atoms with E-state index in [0.29, 0.717) is 39.6 Å². The second-order valence-corrected chi connectivity index (χ2v) is 10.3. The van der Waals surface area contributed by atoms with Crippen molar-refractivity contribution in [3.05, 3.63) is 82.6 Å². The number of nitrogens with zero attached hydrogens (tertiary/aromatic N) is 2. The Labute approximate surface area is 242 Å². The summed E-state index contributed by atoms with van der Waals surface area (Å²) in [6, 6.07) is 16.4. The number of benzene rings is 2. The Hall–Kier alpha value is -3.62. The molecule has 0 saturated heterocycles. The molecule has 2 aromatic carbocycles.